The number of aromatic nitrogens is 2. The van der Waals surface area contributed by atoms with Crippen molar-refractivity contribution >= 4 is 15.9 Å². The molecule has 70 valence electrons. The maximum Gasteiger partial charge on any atom is 0.0738 e. The average Bonchev–Trinajstić information content (AvgIpc) is 2.34. The molecule has 1 aromatic heterocycles. The van der Waals surface area contributed by atoms with E-state index in [0.717, 1.165) is 15.9 Å². The smallest absolute Gasteiger partial charge is 0.0738 e. The van der Waals surface area contributed by atoms with Gasteiger partial charge in [0.1, 0.15) is 0 Å². The van der Waals surface area contributed by atoms with E-state index in [2.05, 4.69) is 27.1 Å². The minimum atomic E-state index is 0.00454. The van der Waals surface area contributed by atoms with Gasteiger partial charge in [-0.15, -0.1) is 0 Å². The SMILES string of the molecule is Cc1nn(CC(C)C#N)c(C)c1Br. The Morgan fingerprint density at radius 1 is 1.62 bits per heavy atom. The van der Waals surface area contributed by atoms with Gasteiger partial charge in [0.05, 0.1) is 28.7 Å². The van der Waals surface area contributed by atoms with E-state index in [9.17, 15) is 0 Å². The maximum atomic E-state index is 8.66. The molecule has 1 heterocycles. The molecule has 0 spiro atoms. The topological polar surface area (TPSA) is 41.6 Å². The largest absolute Gasteiger partial charge is 0.267 e. The lowest BCUT2D eigenvalue weighted by atomic mass is 10.2. The van der Waals surface area contributed by atoms with Gasteiger partial charge in [-0.25, -0.2) is 0 Å². The fraction of sp³-hybridized carbons (Fsp3) is 0.556. The summed E-state index contributed by atoms with van der Waals surface area (Å²) in [4.78, 5) is 0. The minimum Gasteiger partial charge on any atom is -0.267 e. The molecular formula is C9H12BrN3. The third kappa shape index (κ3) is 2.10. The van der Waals surface area contributed by atoms with E-state index in [-0.39, 0.29) is 5.92 Å². The van der Waals surface area contributed by atoms with E-state index in [1.54, 1.807) is 0 Å². The van der Waals surface area contributed by atoms with Crippen LogP contribution in [0.5, 0.6) is 0 Å². The lowest BCUT2D eigenvalue weighted by Gasteiger charge is -2.04. The first kappa shape index (κ1) is 10.3. The molecule has 0 radical (unpaired) electrons. The highest BCUT2D eigenvalue weighted by Crippen LogP contribution is 2.20. The van der Waals surface area contributed by atoms with Crippen molar-refractivity contribution in [2.45, 2.75) is 27.3 Å². The van der Waals surface area contributed by atoms with Crippen molar-refractivity contribution in [3.63, 3.8) is 0 Å². The van der Waals surface area contributed by atoms with Crippen LogP contribution in [0.1, 0.15) is 18.3 Å². The normalized spacial score (nSPS) is 12.5. The lowest BCUT2D eigenvalue weighted by molar-refractivity contribution is 0.515. The van der Waals surface area contributed by atoms with E-state index in [1.807, 2.05) is 25.5 Å². The molecule has 3 nitrogen and oxygen atoms in total. The fourth-order valence-corrected chi connectivity index (χ4v) is 1.44. The number of aryl methyl sites for hydroxylation is 1. The van der Waals surface area contributed by atoms with Gasteiger partial charge in [0.15, 0.2) is 0 Å². The molecule has 1 aromatic rings. The van der Waals surface area contributed by atoms with Crippen LogP contribution in [0.3, 0.4) is 0 Å². The molecule has 1 atom stereocenters. The summed E-state index contributed by atoms with van der Waals surface area (Å²) in [7, 11) is 0. The summed E-state index contributed by atoms with van der Waals surface area (Å²) in [5.74, 6) is 0.00454. The zero-order chi connectivity index (χ0) is 10.0. The Balaban J connectivity index is 2.91. The average molecular weight is 242 g/mol. The predicted octanol–water partition coefficient (Wildman–Crippen LogP) is 2.42. The number of hydrogen-bond donors (Lipinski definition) is 0. The van der Waals surface area contributed by atoms with E-state index in [1.165, 1.54) is 0 Å². The summed E-state index contributed by atoms with van der Waals surface area (Å²) in [5.41, 5.74) is 2.06. The van der Waals surface area contributed by atoms with E-state index in [4.69, 9.17) is 5.26 Å². The molecule has 0 fully saturated rings. The van der Waals surface area contributed by atoms with E-state index in [0.29, 0.717) is 6.54 Å². The minimum absolute atomic E-state index is 0.00454. The Labute approximate surface area is 86.5 Å². The molecule has 0 saturated carbocycles. The van der Waals surface area contributed by atoms with Gasteiger partial charge < -0.3 is 0 Å². The first-order valence-electron chi connectivity index (χ1n) is 4.15. The Bertz CT molecular complexity index is 348. The second-order valence-corrected chi connectivity index (χ2v) is 3.99. The molecule has 0 N–H and O–H groups in total. The molecule has 0 amide bonds. The van der Waals surface area contributed by atoms with Crippen LogP contribution < -0.4 is 0 Å². The summed E-state index contributed by atoms with van der Waals surface area (Å²) in [6.45, 7) is 6.50. The van der Waals surface area contributed by atoms with Gasteiger partial charge in [0, 0.05) is 5.69 Å². The molecule has 4 heteroatoms. The van der Waals surface area contributed by atoms with Crippen LogP contribution >= 0.6 is 15.9 Å². The summed E-state index contributed by atoms with van der Waals surface area (Å²) < 4.78 is 2.91. The maximum absolute atomic E-state index is 8.66. The number of nitrogens with zero attached hydrogens (tertiary/aromatic N) is 3. The molecule has 1 unspecified atom stereocenters. The quantitative estimate of drug-likeness (QED) is 0.799. The van der Waals surface area contributed by atoms with Gasteiger partial charge in [-0.3, -0.25) is 4.68 Å². The highest BCUT2D eigenvalue weighted by atomic mass is 79.9. The monoisotopic (exact) mass is 241 g/mol. The Morgan fingerprint density at radius 3 is 2.62 bits per heavy atom. The summed E-state index contributed by atoms with van der Waals surface area (Å²) in [6.07, 6.45) is 0. The molecule has 0 bridgehead atoms. The highest BCUT2D eigenvalue weighted by Gasteiger charge is 2.10. The molecule has 0 aliphatic rings. The van der Waals surface area contributed by atoms with Crippen molar-refractivity contribution in [3.8, 4) is 6.07 Å². The standard InChI is InChI=1S/C9H12BrN3/c1-6(4-11)5-13-8(3)9(10)7(2)12-13/h6H,5H2,1-3H3. The summed E-state index contributed by atoms with van der Waals surface area (Å²) in [5, 5.41) is 13.0. The Morgan fingerprint density at radius 2 is 2.23 bits per heavy atom. The second-order valence-electron chi connectivity index (χ2n) is 3.20. The van der Waals surface area contributed by atoms with Crippen LogP contribution in [0.15, 0.2) is 4.47 Å². The van der Waals surface area contributed by atoms with Crippen molar-refractivity contribution in [2.75, 3.05) is 0 Å². The first-order chi connectivity index (χ1) is 6.06. The third-order valence-electron chi connectivity index (χ3n) is 1.96. The van der Waals surface area contributed by atoms with Crippen LogP contribution in [0.25, 0.3) is 0 Å². The van der Waals surface area contributed by atoms with Crippen molar-refractivity contribution in [1.29, 1.82) is 5.26 Å². The number of rotatable bonds is 2. The third-order valence-corrected chi connectivity index (χ3v) is 3.11. The van der Waals surface area contributed by atoms with E-state index >= 15 is 0 Å². The number of halogens is 1. The van der Waals surface area contributed by atoms with Crippen LogP contribution in [0.4, 0.5) is 0 Å². The molecule has 0 aliphatic carbocycles. The zero-order valence-corrected chi connectivity index (χ0v) is 9.59. The van der Waals surface area contributed by atoms with Crippen molar-refractivity contribution in [3.05, 3.63) is 15.9 Å². The van der Waals surface area contributed by atoms with Crippen LogP contribution in [-0.4, -0.2) is 9.78 Å². The number of nitriles is 1. The lowest BCUT2D eigenvalue weighted by Crippen LogP contribution is -2.08. The number of hydrogen-bond acceptors (Lipinski definition) is 2. The van der Waals surface area contributed by atoms with Gasteiger partial charge in [-0.1, -0.05) is 0 Å². The molecule has 13 heavy (non-hydrogen) atoms. The summed E-state index contributed by atoms with van der Waals surface area (Å²) in [6, 6.07) is 2.19. The Hall–Kier alpha value is -0.820. The Kier molecular flexibility index (Phi) is 3.10. The van der Waals surface area contributed by atoms with Gasteiger partial charge in [-0.05, 0) is 36.7 Å². The molecule has 0 aliphatic heterocycles. The predicted molar refractivity (Wildman–Crippen MR) is 54.2 cm³/mol. The van der Waals surface area contributed by atoms with Gasteiger partial charge >= 0.3 is 0 Å². The van der Waals surface area contributed by atoms with Crippen molar-refractivity contribution < 1.29 is 0 Å². The molecular weight excluding hydrogens is 230 g/mol. The van der Waals surface area contributed by atoms with Crippen molar-refractivity contribution in [1.82, 2.24) is 9.78 Å². The fourth-order valence-electron chi connectivity index (χ4n) is 1.15. The van der Waals surface area contributed by atoms with Gasteiger partial charge in [0.2, 0.25) is 0 Å². The summed E-state index contributed by atoms with van der Waals surface area (Å²) >= 11 is 3.45. The van der Waals surface area contributed by atoms with Gasteiger partial charge in [-0.2, -0.15) is 10.4 Å². The van der Waals surface area contributed by atoms with Crippen LogP contribution in [-0.2, 0) is 6.54 Å². The molecule has 1 rings (SSSR count). The van der Waals surface area contributed by atoms with Crippen LogP contribution in [0, 0.1) is 31.1 Å². The molecule has 0 saturated heterocycles. The van der Waals surface area contributed by atoms with Crippen LogP contribution in [0.2, 0.25) is 0 Å². The second kappa shape index (κ2) is 3.93. The first-order valence-corrected chi connectivity index (χ1v) is 4.94. The van der Waals surface area contributed by atoms with Gasteiger partial charge in [0.25, 0.3) is 0 Å². The highest BCUT2D eigenvalue weighted by molar-refractivity contribution is 9.10. The van der Waals surface area contributed by atoms with E-state index < -0.39 is 0 Å². The molecule has 0 aromatic carbocycles. The van der Waals surface area contributed by atoms with Crippen molar-refractivity contribution in [2.24, 2.45) is 5.92 Å². The zero-order valence-electron chi connectivity index (χ0n) is 8.00.